The Hall–Kier alpha value is -1.28. The van der Waals surface area contributed by atoms with Gasteiger partial charge >= 0.3 is 6.55 Å². The van der Waals surface area contributed by atoms with Crippen LogP contribution >= 0.6 is 27.3 Å². The highest BCUT2D eigenvalue weighted by Crippen LogP contribution is 2.22. The fourth-order valence-corrected chi connectivity index (χ4v) is 3.42. The second kappa shape index (κ2) is 6.65. The molecule has 0 unspecified atom stereocenters. The van der Waals surface area contributed by atoms with E-state index in [-0.39, 0.29) is 12.3 Å². The van der Waals surface area contributed by atoms with Crippen molar-refractivity contribution in [3.63, 3.8) is 0 Å². The maximum atomic E-state index is 12.7. The van der Waals surface area contributed by atoms with E-state index in [9.17, 15) is 13.6 Å². The van der Waals surface area contributed by atoms with E-state index in [1.165, 1.54) is 11.3 Å². The third-order valence-corrected chi connectivity index (χ3v) is 4.71. The molecular formula is C13H14BrF2N3OS. The highest BCUT2D eigenvalue weighted by atomic mass is 79.9. The van der Waals surface area contributed by atoms with Gasteiger partial charge in [-0.3, -0.25) is 4.79 Å². The van der Waals surface area contributed by atoms with Crippen LogP contribution < -0.4 is 5.32 Å². The highest BCUT2D eigenvalue weighted by Gasteiger charge is 2.19. The van der Waals surface area contributed by atoms with Gasteiger partial charge in [0.1, 0.15) is 0 Å². The maximum absolute atomic E-state index is 12.7. The number of carbonyl (C=O) groups is 1. The minimum atomic E-state index is -2.69. The van der Waals surface area contributed by atoms with Crippen LogP contribution in [0.3, 0.4) is 0 Å². The van der Waals surface area contributed by atoms with Gasteiger partial charge in [-0.15, -0.1) is 11.3 Å². The molecule has 0 bridgehead atoms. The molecule has 0 aliphatic rings. The Labute approximate surface area is 133 Å². The standard InChI is InChI=1S/C13H14BrF2N3OS/c1-7-10(8(2)19(18-7)13(15)16)5-12(20)17-6-9-3-4-11(14)21-9/h3-4,13H,5-6H2,1-2H3,(H,17,20). The minimum absolute atomic E-state index is 0.0525. The average molecular weight is 378 g/mol. The monoisotopic (exact) mass is 377 g/mol. The van der Waals surface area contributed by atoms with Crippen LogP contribution in [0.25, 0.3) is 0 Å². The van der Waals surface area contributed by atoms with Gasteiger partial charge in [-0.1, -0.05) is 0 Å². The Morgan fingerprint density at radius 3 is 2.71 bits per heavy atom. The number of aromatic nitrogens is 2. The Balaban J connectivity index is 1.99. The summed E-state index contributed by atoms with van der Waals surface area (Å²) in [5, 5.41) is 6.55. The number of rotatable bonds is 5. The highest BCUT2D eigenvalue weighted by molar-refractivity contribution is 9.11. The summed E-state index contributed by atoms with van der Waals surface area (Å²) in [6, 6.07) is 3.83. The number of thiophene rings is 1. The molecule has 1 N–H and O–H groups in total. The number of nitrogens with one attached hydrogen (secondary N) is 1. The molecule has 8 heteroatoms. The van der Waals surface area contributed by atoms with E-state index in [0.717, 1.165) is 8.66 Å². The number of alkyl halides is 2. The van der Waals surface area contributed by atoms with E-state index < -0.39 is 6.55 Å². The second-order valence-electron chi connectivity index (χ2n) is 4.53. The Morgan fingerprint density at radius 2 is 2.19 bits per heavy atom. The van der Waals surface area contributed by atoms with E-state index in [2.05, 4.69) is 26.3 Å². The minimum Gasteiger partial charge on any atom is -0.351 e. The van der Waals surface area contributed by atoms with Gasteiger partial charge in [-0.25, -0.2) is 4.68 Å². The molecule has 0 aromatic carbocycles. The molecule has 0 saturated heterocycles. The first-order valence-corrected chi connectivity index (χ1v) is 7.83. The van der Waals surface area contributed by atoms with Gasteiger partial charge in [-0.2, -0.15) is 13.9 Å². The normalized spacial score (nSPS) is 11.1. The molecule has 0 spiro atoms. The molecule has 0 aliphatic carbocycles. The van der Waals surface area contributed by atoms with Gasteiger partial charge in [0.05, 0.1) is 22.4 Å². The van der Waals surface area contributed by atoms with Crippen LogP contribution in [0, 0.1) is 13.8 Å². The van der Waals surface area contributed by atoms with E-state index in [1.54, 1.807) is 13.8 Å². The summed E-state index contributed by atoms with van der Waals surface area (Å²) in [5.74, 6) is -0.209. The lowest BCUT2D eigenvalue weighted by Crippen LogP contribution is -2.24. The maximum Gasteiger partial charge on any atom is 0.333 e. The Morgan fingerprint density at radius 1 is 1.48 bits per heavy atom. The van der Waals surface area contributed by atoms with Crippen LogP contribution in [-0.2, 0) is 17.8 Å². The van der Waals surface area contributed by atoms with Crippen molar-refractivity contribution >= 4 is 33.2 Å². The SMILES string of the molecule is Cc1nn(C(F)F)c(C)c1CC(=O)NCc1ccc(Br)s1. The van der Waals surface area contributed by atoms with Crippen molar-refractivity contribution in [3.05, 3.63) is 37.7 Å². The molecule has 0 fully saturated rings. The lowest BCUT2D eigenvalue weighted by molar-refractivity contribution is -0.120. The third kappa shape index (κ3) is 3.88. The van der Waals surface area contributed by atoms with Crippen LogP contribution in [0.15, 0.2) is 15.9 Å². The zero-order chi connectivity index (χ0) is 15.6. The van der Waals surface area contributed by atoms with E-state index in [0.29, 0.717) is 28.2 Å². The molecule has 0 atom stereocenters. The van der Waals surface area contributed by atoms with Gasteiger partial charge in [0, 0.05) is 16.1 Å². The molecule has 4 nitrogen and oxygen atoms in total. The van der Waals surface area contributed by atoms with Crippen LogP contribution in [0.1, 0.15) is 28.4 Å². The molecule has 0 saturated carbocycles. The number of carbonyl (C=O) groups excluding carboxylic acids is 1. The summed E-state index contributed by atoms with van der Waals surface area (Å²) in [5.41, 5.74) is 1.35. The van der Waals surface area contributed by atoms with Gasteiger partial charge in [0.15, 0.2) is 0 Å². The summed E-state index contributed by atoms with van der Waals surface area (Å²) in [6.07, 6.45) is 0.0525. The summed E-state index contributed by atoms with van der Waals surface area (Å²) < 4.78 is 27.1. The first-order chi connectivity index (χ1) is 9.88. The molecule has 0 radical (unpaired) electrons. The van der Waals surface area contributed by atoms with Crippen molar-refractivity contribution in [2.24, 2.45) is 0 Å². The molecule has 2 rings (SSSR count). The quantitative estimate of drug-likeness (QED) is 0.865. The number of aryl methyl sites for hydroxylation is 1. The molecular weight excluding hydrogens is 364 g/mol. The van der Waals surface area contributed by atoms with E-state index >= 15 is 0 Å². The molecule has 1 amide bonds. The number of hydrogen-bond acceptors (Lipinski definition) is 3. The smallest absolute Gasteiger partial charge is 0.333 e. The van der Waals surface area contributed by atoms with Gasteiger partial charge < -0.3 is 5.32 Å². The predicted octanol–water partition coefficient (Wildman–Crippen LogP) is 3.58. The van der Waals surface area contributed by atoms with E-state index in [1.807, 2.05) is 12.1 Å². The molecule has 21 heavy (non-hydrogen) atoms. The molecule has 2 heterocycles. The predicted molar refractivity (Wildman–Crippen MR) is 80.5 cm³/mol. The zero-order valence-electron chi connectivity index (χ0n) is 11.5. The van der Waals surface area contributed by atoms with Crippen molar-refractivity contribution < 1.29 is 13.6 Å². The molecule has 2 aromatic heterocycles. The van der Waals surface area contributed by atoms with Gasteiger partial charge in [0.25, 0.3) is 0 Å². The first kappa shape index (κ1) is 16.1. The Bertz CT molecular complexity index is 654. The van der Waals surface area contributed by atoms with Crippen molar-refractivity contribution in [2.75, 3.05) is 0 Å². The fraction of sp³-hybridized carbons (Fsp3) is 0.385. The van der Waals surface area contributed by atoms with Crippen molar-refractivity contribution in [2.45, 2.75) is 33.4 Å². The van der Waals surface area contributed by atoms with Gasteiger partial charge in [0.2, 0.25) is 5.91 Å². The van der Waals surface area contributed by atoms with E-state index in [4.69, 9.17) is 0 Å². The fourth-order valence-electron chi connectivity index (χ4n) is 2.00. The third-order valence-electron chi connectivity index (χ3n) is 3.09. The largest absolute Gasteiger partial charge is 0.351 e. The number of nitrogens with zero attached hydrogens (tertiary/aromatic N) is 2. The van der Waals surface area contributed by atoms with Crippen molar-refractivity contribution in [3.8, 4) is 0 Å². The molecule has 114 valence electrons. The lowest BCUT2D eigenvalue weighted by atomic mass is 10.1. The van der Waals surface area contributed by atoms with Gasteiger partial charge in [-0.05, 0) is 41.9 Å². The second-order valence-corrected chi connectivity index (χ2v) is 7.08. The summed E-state index contributed by atoms with van der Waals surface area (Å²) in [6.45, 7) is 0.913. The lowest BCUT2D eigenvalue weighted by Gasteiger charge is -2.05. The zero-order valence-corrected chi connectivity index (χ0v) is 13.9. The van der Waals surface area contributed by atoms with Crippen LogP contribution in [0.5, 0.6) is 0 Å². The van der Waals surface area contributed by atoms with Crippen molar-refractivity contribution in [1.82, 2.24) is 15.1 Å². The Kier molecular flexibility index (Phi) is 5.10. The average Bonchev–Trinajstić information content (AvgIpc) is 2.94. The van der Waals surface area contributed by atoms with Crippen molar-refractivity contribution in [1.29, 1.82) is 0 Å². The number of halogens is 3. The first-order valence-electron chi connectivity index (χ1n) is 6.22. The number of hydrogen-bond donors (Lipinski definition) is 1. The summed E-state index contributed by atoms with van der Waals surface area (Å²) >= 11 is 4.89. The number of amides is 1. The summed E-state index contributed by atoms with van der Waals surface area (Å²) in [4.78, 5) is 13.0. The molecule has 0 aliphatic heterocycles. The van der Waals surface area contributed by atoms with Crippen LogP contribution in [0.4, 0.5) is 8.78 Å². The molecule has 2 aromatic rings. The van der Waals surface area contributed by atoms with Crippen LogP contribution in [-0.4, -0.2) is 15.7 Å². The van der Waals surface area contributed by atoms with Crippen LogP contribution in [0.2, 0.25) is 0 Å². The summed E-state index contributed by atoms with van der Waals surface area (Å²) in [7, 11) is 0. The topological polar surface area (TPSA) is 46.9 Å².